The van der Waals surface area contributed by atoms with Crippen LogP contribution >= 0.6 is 0 Å². The Bertz CT molecular complexity index is 986. The lowest BCUT2D eigenvalue weighted by Gasteiger charge is -2.41. The van der Waals surface area contributed by atoms with Crippen molar-refractivity contribution in [1.29, 1.82) is 0 Å². The number of carbonyl (C=O) groups is 1. The molecule has 5 heteroatoms. The van der Waals surface area contributed by atoms with Crippen molar-refractivity contribution in [2.75, 3.05) is 18.0 Å². The fourth-order valence-electron chi connectivity index (χ4n) is 4.32. The Balaban J connectivity index is 1.90. The maximum Gasteiger partial charge on any atom is 0.320 e. The molecule has 1 atom stereocenters. The molecule has 0 bridgehead atoms. The van der Waals surface area contributed by atoms with E-state index in [0.29, 0.717) is 12.5 Å². The molecule has 1 aromatic heterocycles. The monoisotopic (exact) mass is 374 g/mol. The van der Waals surface area contributed by atoms with Gasteiger partial charge in [0.05, 0.1) is 11.1 Å². The molecule has 1 aliphatic rings. The molecule has 2 aromatic carbocycles. The molecule has 144 valence electrons. The van der Waals surface area contributed by atoms with Gasteiger partial charge in [0.15, 0.2) is 0 Å². The highest BCUT2D eigenvalue weighted by molar-refractivity contribution is 5.94. The first-order chi connectivity index (χ1) is 13.5. The lowest BCUT2D eigenvalue weighted by atomic mass is 9.84. The average Bonchev–Trinajstić information content (AvgIpc) is 3.18. The van der Waals surface area contributed by atoms with Crippen LogP contribution in [-0.4, -0.2) is 24.1 Å². The van der Waals surface area contributed by atoms with Crippen LogP contribution in [0.25, 0.3) is 10.9 Å². The fraction of sp³-hybridized carbons (Fsp3) is 0.304. The molecule has 1 aliphatic heterocycles. The molecule has 2 heterocycles. The molecule has 1 fully saturated rings. The van der Waals surface area contributed by atoms with Gasteiger partial charge in [-0.15, -0.1) is 0 Å². The van der Waals surface area contributed by atoms with Gasteiger partial charge >= 0.3 is 6.03 Å². The standard InChI is InChI=1S/C23H26N4O/c1-16(2)17-7-9-18(10-8-17)27(22(24)28)23(12-14-25-15-23)20-11-13-26-21-6-4-3-5-19(20)21/h3-11,13,16,25H,12,14-15H2,1-2H3,(H2,24,28). The van der Waals surface area contributed by atoms with Gasteiger partial charge in [-0.1, -0.05) is 44.2 Å². The third kappa shape index (κ3) is 3.02. The second-order valence-electron chi connectivity index (χ2n) is 7.75. The van der Waals surface area contributed by atoms with Gasteiger partial charge in [0.1, 0.15) is 0 Å². The minimum Gasteiger partial charge on any atom is -0.351 e. The molecule has 0 saturated carbocycles. The molecule has 0 radical (unpaired) electrons. The summed E-state index contributed by atoms with van der Waals surface area (Å²) >= 11 is 0. The van der Waals surface area contributed by atoms with Gasteiger partial charge in [-0.05, 0) is 54.3 Å². The van der Waals surface area contributed by atoms with Gasteiger partial charge in [-0.2, -0.15) is 0 Å². The Morgan fingerprint density at radius 1 is 1.14 bits per heavy atom. The van der Waals surface area contributed by atoms with E-state index in [4.69, 9.17) is 5.73 Å². The first-order valence-electron chi connectivity index (χ1n) is 9.77. The zero-order valence-electron chi connectivity index (χ0n) is 16.4. The predicted molar refractivity (Wildman–Crippen MR) is 114 cm³/mol. The molecular formula is C23H26N4O. The summed E-state index contributed by atoms with van der Waals surface area (Å²) in [7, 11) is 0. The van der Waals surface area contributed by atoms with Gasteiger partial charge < -0.3 is 11.1 Å². The van der Waals surface area contributed by atoms with E-state index in [0.717, 1.165) is 35.1 Å². The number of pyridine rings is 1. The number of hydrogen-bond donors (Lipinski definition) is 2. The third-order valence-corrected chi connectivity index (χ3v) is 5.75. The highest BCUT2D eigenvalue weighted by atomic mass is 16.2. The van der Waals surface area contributed by atoms with Gasteiger partial charge in [0, 0.05) is 23.8 Å². The first-order valence-corrected chi connectivity index (χ1v) is 9.77. The van der Waals surface area contributed by atoms with Crippen LogP contribution in [0.1, 0.15) is 37.3 Å². The lowest BCUT2D eigenvalue weighted by Crippen LogP contribution is -2.53. The number of amides is 2. The summed E-state index contributed by atoms with van der Waals surface area (Å²) in [6.45, 7) is 5.79. The van der Waals surface area contributed by atoms with Crippen LogP contribution in [0.2, 0.25) is 0 Å². The smallest absolute Gasteiger partial charge is 0.320 e. The number of nitrogens with one attached hydrogen (secondary N) is 1. The summed E-state index contributed by atoms with van der Waals surface area (Å²) in [6, 6.07) is 17.8. The average molecular weight is 374 g/mol. The zero-order valence-corrected chi connectivity index (χ0v) is 16.4. The molecule has 2 amide bonds. The van der Waals surface area contributed by atoms with Crippen LogP contribution < -0.4 is 16.0 Å². The Morgan fingerprint density at radius 3 is 2.54 bits per heavy atom. The van der Waals surface area contributed by atoms with Gasteiger partial charge in [0.25, 0.3) is 0 Å². The Kier molecular flexibility index (Phi) is 4.77. The quantitative estimate of drug-likeness (QED) is 0.721. The number of aromatic nitrogens is 1. The minimum absolute atomic E-state index is 0.433. The molecule has 4 rings (SSSR count). The minimum atomic E-state index is -0.548. The molecule has 0 aliphatic carbocycles. The maximum absolute atomic E-state index is 12.7. The second kappa shape index (κ2) is 7.24. The SMILES string of the molecule is CC(C)c1ccc(N(C(N)=O)C2(c3ccnc4ccccc34)CCNC2)cc1. The van der Waals surface area contributed by atoms with E-state index in [2.05, 4.69) is 42.3 Å². The van der Waals surface area contributed by atoms with Crippen molar-refractivity contribution in [3.05, 3.63) is 71.9 Å². The fourth-order valence-corrected chi connectivity index (χ4v) is 4.32. The van der Waals surface area contributed by atoms with Crippen LogP contribution in [0.15, 0.2) is 60.8 Å². The van der Waals surface area contributed by atoms with E-state index in [-0.39, 0.29) is 0 Å². The first kappa shape index (κ1) is 18.4. The van der Waals surface area contributed by atoms with E-state index in [1.54, 1.807) is 4.90 Å². The molecule has 5 nitrogen and oxygen atoms in total. The van der Waals surface area contributed by atoms with Crippen LogP contribution in [0.5, 0.6) is 0 Å². The molecule has 3 aromatic rings. The number of carbonyl (C=O) groups excluding carboxylic acids is 1. The number of benzene rings is 2. The molecule has 1 saturated heterocycles. The Labute approximate surface area is 165 Å². The van der Waals surface area contributed by atoms with Gasteiger partial charge in [-0.3, -0.25) is 9.88 Å². The molecule has 3 N–H and O–H groups in total. The summed E-state index contributed by atoms with van der Waals surface area (Å²) in [5.41, 5.74) is 9.47. The number of hydrogen-bond acceptors (Lipinski definition) is 3. The van der Waals surface area contributed by atoms with Gasteiger partial charge in [-0.25, -0.2) is 4.79 Å². The number of anilines is 1. The van der Waals surface area contributed by atoms with E-state index >= 15 is 0 Å². The van der Waals surface area contributed by atoms with Crippen LogP contribution in [-0.2, 0) is 5.54 Å². The zero-order chi connectivity index (χ0) is 19.7. The summed E-state index contributed by atoms with van der Waals surface area (Å²) < 4.78 is 0. The number of fused-ring (bicyclic) bond motifs is 1. The topological polar surface area (TPSA) is 71.2 Å². The Hall–Kier alpha value is -2.92. The van der Waals surface area contributed by atoms with Crippen molar-refractivity contribution in [2.45, 2.75) is 31.7 Å². The number of nitrogens with two attached hydrogens (primary N) is 1. The van der Waals surface area contributed by atoms with Crippen molar-refractivity contribution in [3.8, 4) is 0 Å². The maximum atomic E-state index is 12.7. The summed E-state index contributed by atoms with van der Waals surface area (Å²) in [4.78, 5) is 19.0. The van der Waals surface area contributed by atoms with Crippen LogP contribution in [0.3, 0.4) is 0 Å². The van der Waals surface area contributed by atoms with E-state index in [1.807, 2.05) is 42.6 Å². The van der Waals surface area contributed by atoms with Crippen molar-refractivity contribution in [3.63, 3.8) is 0 Å². The third-order valence-electron chi connectivity index (χ3n) is 5.75. The highest BCUT2D eigenvalue weighted by Gasteiger charge is 2.45. The summed E-state index contributed by atoms with van der Waals surface area (Å²) in [5.74, 6) is 0.433. The van der Waals surface area contributed by atoms with Gasteiger partial charge in [0.2, 0.25) is 0 Å². The normalized spacial score (nSPS) is 19.2. The van der Waals surface area contributed by atoms with Crippen LogP contribution in [0.4, 0.5) is 10.5 Å². The largest absolute Gasteiger partial charge is 0.351 e. The van der Waals surface area contributed by atoms with E-state index in [1.165, 1.54) is 5.56 Å². The molecule has 0 spiro atoms. The van der Waals surface area contributed by atoms with Crippen LogP contribution in [0, 0.1) is 0 Å². The van der Waals surface area contributed by atoms with Crippen molar-refractivity contribution in [1.82, 2.24) is 10.3 Å². The number of nitrogens with zero attached hydrogens (tertiary/aromatic N) is 2. The lowest BCUT2D eigenvalue weighted by molar-refractivity contribution is 0.246. The van der Waals surface area contributed by atoms with Crippen molar-refractivity contribution < 1.29 is 4.79 Å². The molecule has 1 unspecified atom stereocenters. The molecular weight excluding hydrogens is 348 g/mol. The highest BCUT2D eigenvalue weighted by Crippen LogP contribution is 2.41. The number of urea groups is 1. The van der Waals surface area contributed by atoms with E-state index in [9.17, 15) is 4.79 Å². The van der Waals surface area contributed by atoms with Crippen molar-refractivity contribution in [2.24, 2.45) is 5.73 Å². The Morgan fingerprint density at radius 2 is 1.89 bits per heavy atom. The van der Waals surface area contributed by atoms with Crippen molar-refractivity contribution >= 4 is 22.6 Å². The number of rotatable bonds is 4. The van der Waals surface area contributed by atoms with E-state index < -0.39 is 11.6 Å². The predicted octanol–water partition coefficient (Wildman–Crippen LogP) is 4.13. The second-order valence-corrected chi connectivity index (χ2v) is 7.75. The molecule has 28 heavy (non-hydrogen) atoms. The number of primary amides is 1. The summed E-state index contributed by atoms with van der Waals surface area (Å²) in [5, 5.41) is 4.50. The summed E-state index contributed by atoms with van der Waals surface area (Å²) in [6.07, 6.45) is 2.61. The number of para-hydroxylation sites is 1.